The number of nitrogens with one attached hydrogen (secondary N) is 1. The Hall–Kier alpha value is -2.43. The molecule has 2 aliphatic carbocycles. The summed E-state index contributed by atoms with van der Waals surface area (Å²) < 4.78 is 5.22. The number of fused-ring (bicyclic) bond motifs is 3. The van der Waals surface area contributed by atoms with Gasteiger partial charge in [-0.3, -0.25) is 4.79 Å². The fraction of sp³-hybridized carbons (Fsp3) is 0.450. The Morgan fingerprint density at radius 1 is 1.28 bits per heavy atom. The van der Waals surface area contributed by atoms with Gasteiger partial charge in [-0.15, -0.1) is 0 Å². The first-order valence-electron chi connectivity index (χ1n) is 8.73. The standard InChI is InChI=1S/C20H22N2O3/c1-19(2)13-8-9-20(19,3)16(11-13)21-22-17(23)14-10-12-6-4-5-7-15(12)25-18(14)24/h4-7,10,13H,8-9,11H2,1-3H3,(H,22,23)/b21-16+/t13-,20+/m1/s1. The maximum absolute atomic E-state index is 12.5. The molecule has 0 saturated heterocycles. The number of amides is 1. The van der Waals surface area contributed by atoms with Crippen molar-refractivity contribution in [3.8, 4) is 0 Å². The van der Waals surface area contributed by atoms with Gasteiger partial charge in [0.1, 0.15) is 11.1 Å². The largest absolute Gasteiger partial charge is 0.422 e. The van der Waals surface area contributed by atoms with Crippen molar-refractivity contribution >= 4 is 22.6 Å². The van der Waals surface area contributed by atoms with Crippen LogP contribution in [-0.2, 0) is 0 Å². The third kappa shape index (κ3) is 2.25. The molecule has 2 saturated carbocycles. The van der Waals surface area contributed by atoms with Crippen LogP contribution in [0.2, 0.25) is 0 Å². The van der Waals surface area contributed by atoms with Crippen LogP contribution in [0.1, 0.15) is 50.4 Å². The number of para-hydroxylation sites is 1. The van der Waals surface area contributed by atoms with Crippen LogP contribution in [0.5, 0.6) is 0 Å². The molecule has 2 aromatic rings. The van der Waals surface area contributed by atoms with Crippen molar-refractivity contribution in [2.45, 2.75) is 40.0 Å². The van der Waals surface area contributed by atoms with Gasteiger partial charge in [0.05, 0.1) is 0 Å². The topological polar surface area (TPSA) is 71.7 Å². The van der Waals surface area contributed by atoms with Crippen LogP contribution in [0.15, 0.2) is 44.6 Å². The molecule has 0 unspecified atom stereocenters. The highest BCUT2D eigenvalue weighted by molar-refractivity contribution is 5.99. The fourth-order valence-electron chi connectivity index (χ4n) is 4.50. The second kappa shape index (κ2) is 5.28. The van der Waals surface area contributed by atoms with Crippen molar-refractivity contribution in [3.05, 3.63) is 46.3 Å². The first-order chi connectivity index (χ1) is 11.8. The van der Waals surface area contributed by atoms with Gasteiger partial charge in [-0.25, -0.2) is 10.2 Å². The SMILES string of the molecule is CC1(C)[C@@H]2CC[C@@]1(C)/C(=N/NC(=O)c1cc3ccccc3oc1=O)C2. The first-order valence-corrected chi connectivity index (χ1v) is 8.73. The lowest BCUT2D eigenvalue weighted by molar-refractivity contribution is 0.0950. The fourth-order valence-corrected chi connectivity index (χ4v) is 4.50. The summed E-state index contributed by atoms with van der Waals surface area (Å²) >= 11 is 0. The maximum atomic E-state index is 12.5. The van der Waals surface area contributed by atoms with Gasteiger partial charge in [0, 0.05) is 16.5 Å². The Morgan fingerprint density at radius 3 is 2.72 bits per heavy atom. The van der Waals surface area contributed by atoms with Gasteiger partial charge in [0.2, 0.25) is 0 Å². The number of benzene rings is 1. The van der Waals surface area contributed by atoms with Crippen molar-refractivity contribution in [2.75, 3.05) is 0 Å². The van der Waals surface area contributed by atoms with E-state index in [9.17, 15) is 9.59 Å². The van der Waals surface area contributed by atoms with E-state index in [4.69, 9.17) is 4.42 Å². The lowest BCUT2D eigenvalue weighted by Gasteiger charge is -2.34. The quantitative estimate of drug-likeness (QED) is 0.670. The van der Waals surface area contributed by atoms with Crippen molar-refractivity contribution in [1.29, 1.82) is 0 Å². The van der Waals surface area contributed by atoms with Crippen molar-refractivity contribution in [1.82, 2.24) is 5.43 Å². The van der Waals surface area contributed by atoms with E-state index in [0.29, 0.717) is 16.9 Å². The van der Waals surface area contributed by atoms with E-state index in [1.165, 1.54) is 6.42 Å². The normalized spacial score (nSPS) is 28.6. The highest BCUT2D eigenvalue weighted by atomic mass is 16.4. The third-order valence-corrected chi connectivity index (χ3v) is 6.69. The van der Waals surface area contributed by atoms with E-state index < -0.39 is 11.5 Å². The molecule has 0 spiro atoms. The van der Waals surface area contributed by atoms with Crippen LogP contribution in [0.3, 0.4) is 0 Å². The summed E-state index contributed by atoms with van der Waals surface area (Å²) in [6, 6.07) is 8.69. The predicted octanol–water partition coefficient (Wildman–Crippen LogP) is 3.73. The van der Waals surface area contributed by atoms with Crippen molar-refractivity contribution in [2.24, 2.45) is 21.8 Å². The summed E-state index contributed by atoms with van der Waals surface area (Å²) in [6.07, 6.45) is 3.22. The van der Waals surface area contributed by atoms with Crippen LogP contribution < -0.4 is 11.1 Å². The van der Waals surface area contributed by atoms with Crippen LogP contribution >= 0.6 is 0 Å². The molecule has 2 bridgehead atoms. The number of carbonyl (C=O) groups excluding carboxylic acids is 1. The molecular formula is C20H22N2O3. The molecule has 5 heteroatoms. The molecule has 2 aliphatic rings. The van der Waals surface area contributed by atoms with Gasteiger partial charge in [0.25, 0.3) is 5.91 Å². The summed E-state index contributed by atoms with van der Waals surface area (Å²) in [4.78, 5) is 24.5. The first kappa shape index (κ1) is 16.1. The van der Waals surface area contributed by atoms with Crippen molar-refractivity contribution in [3.63, 3.8) is 0 Å². The van der Waals surface area contributed by atoms with E-state index >= 15 is 0 Å². The van der Waals surface area contributed by atoms with Crippen LogP contribution in [0.4, 0.5) is 0 Å². The minimum atomic E-state index is -0.643. The molecule has 2 fully saturated rings. The Labute approximate surface area is 146 Å². The van der Waals surface area contributed by atoms with Gasteiger partial charge in [-0.05, 0) is 42.7 Å². The lowest BCUT2D eigenvalue weighted by Crippen LogP contribution is -2.34. The molecule has 0 aliphatic heterocycles. The zero-order chi connectivity index (χ0) is 17.8. The van der Waals surface area contributed by atoms with Gasteiger partial charge in [-0.1, -0.05) is 39.0 Å². The number of nitrogens with zero attached hydrogens (tertiary/aromatic N) is 1. The van der Waals surface area contributed by atoms with E-state index in [2.05, 4.69) is 31.3 Å². The van der Waals surface area contributed by atoms with E-state index in [-0.39, 0.29) is 16.4 Å². The van der Waals surface area contributed by atoms with Gasteiger partial charge < -0.3 is 4.42 Å². The second-order valence-electron chi connectivity index (χ2n) is 7.98. The van der Waals surface area contributed by atoms with E-state index in [1.807, 2.05) is 6.07 Å². The molecule has 1 heterocycles. The molecule has 4 rings (SSSR count). The molecule has 5 nitrogen and oxygen atoms in total. The number of carbonyl (C=O) groups is 1. The number of hydrogen-bond donors (Lipinski definition) is 1. The summed E-state index contributed by atoms with van der Waals surface area (Å²) in [7, 11) is 0. The van der Waals surface area contributed by atoms with Crippen LogP contribution in [-0.4, -0.2) is 11.6 Å². The molecule has 2 atom stereocenters. The molecule has 25 heavy (non-hydrogen) atoms. The van der Waals surface area contributed by atoms with Crippen LogP contribution in [0, 0.1) is 16.7 Å². The third-order valence-electron chi connectivity index (χ3n) is 6.69. The Morgan fingerprint density at radius 2 is 2.04 bits per heavy atom. The minimum absolute atomic E-state index is 0.0129. The zero-order valence-corrected chi connectivity index (χ0v) is 14.8. The zero-order valence-electron chi connectivity index (χ0n) is 14.8. The van der Waals surface area contributed by atoms with Gasteiger partial charge in [0.15, 0.2) is 0 Å². The highest BCUT2D eigenvalue weighted by Gasteiger charge is 2.60. The Balaban J connectivity index is 1.62. The van der Waals surface area contributed by atoms with Gasteiger partial charge >= 0.3 is 5.63 Å². The molecule has 1 amide bonds. The molecule has 1 N–H and O–H groups in total. The van der Waals surface area contributed by atoms with Crippen molar-refractivity contribution < 1.29 is 9.21 Å². The monoisotopic (exact) mass is 338 g/mol. The Kier molecular flexibility index (Phi) is 3.39. The number of rotatable bonds is 2. The second-order valence-corrected chi connectivity index (χ2v) is 7.98. The molecule has 0 radical (unpaired) electrons. The van der Waals surface area contributed by atoms with E-state index in [1.54, 1.807) is 24.3 Å². The average molecular weight is 338 g/mol. The summed E-state index contributed by atoms with van der Waals surface area (Å²) in [5.41, 5.74) is 3.63. The number of hydrogen-bond acceptors (Lipinski definition) is 4. The maximum Gasteiger partial charge on any atom is 0.349 e. The summed E-state index contributed by atoms with van der Waals surface area (Å²) in [5.74, 6) is 0.0927. The molecule has 1 aromatic heterocycles. The predicted molar refractivity (Wildman–Crippen MR) is 96.6 cm³/mol. The highest BCUT2D eigenvalue weighted by Crippen LogP contribution is 2.63. The lowest BCUT2D eigenvalue weighted by atomic mass is 9.70. The summed E-state index contributed by atoms with van der Waals surface area (Å²) in [6.45, 7) is 6.80. The van der Waals surface area contributed by atoms with Gasteiger partial charge in [-0.2, -0.15) is 5.10 Å². The van der Waals surface area contributed by atoms with E-state index in [0.717, 1.165) is 18.6 Å². The van der Waals surface area contributed by atoms with Crippen LogP contribution in [0.25, 0.3) is 11.0 Å². The molecule has 130 valence electrons. The Bertz CT molecular complexity index is 957. The number of hydrazone groups is 1. The smallest absolute Gasteiger partial charge is 0.349 e. The summed E-state index contributed by atoms with van der Waals surface area (Å²) in [5, 5.41) is 5.12. The molecule has 1 aromatic carbocycles. The average Bonchev–Trinajstić information content (AvgIpc) is 2.92. The minimum Gasteiger partial charge on any atom is -0.422 e. The molecular weight excluding hydrogens is 316 g/mol.